The number of likely N-dealkylation sites (N-methyl/N-ethyl adjacent to an activating group) is 2. The highest BCUT2D eigenvalue weighted by Crippen LogP contribution is 2.34. The van der Waals surface area contributed by atoms with Crippen molar-refractivity contribution in [3.05, 3.63) is 129 Å². The van der Waals surface area contributed by atoms with Crippen LogP contribution in [0.2, 0.25) is 0 Å². The van der Waals surface area contributed by atoms with E-state index < -0.39 is 23.8 Å². The zero-order chi connectivity index (χ0) is 46.5. The molecule has 2 fully saturated rings. The lowest BCUT2D eigenvalue weighted by atomic mass is 9.95. The number of nitrogens with zero attached hydrogens (tertiary/aromatic N) is 6. The summed E-state index contributed by atoms with van der Waals surface area (Å²) in [6, 6.07) is 28.3. The number of hydrogen-bond donors (Lipinski definition) is 0. The van der Waals surface area contributed by atoms with E-state index in [9.17, 15) is 28.8 Å². The quantitative estimate of drug-likeness (QED) is 0.155. The van der Waals surface area contributed by atoms with Crippen LogP contribution in [0.15, 0.2) is 84.9 Å². The Labute approximate surface area is 386 Å². The highest BCUT2D eigenvalue weighted by atomic mass is 16.8. The van der Waals surface area contributed by atoms with Crippen LogP contribution in [0.5, 0.6) is 0 Å². The van der Waals surface area contributed by atoms with Crippen molar-refractivity contribution >= 4 is 46.9 Å². The third-order valence-corrected chi connectivity index (χ3v) is 13.9. The Bertz CT molecular complexity index is 2290. The molecule has 4 aromatic carbocycles. The van der Waals surface area contributed by atoms with E-state index in [4.69, 9.17) is 9.68 Å². The van der Waals surface area contributed by atoms with Crippen LogP contribution in [0.1, 0.15) is 92.6 Å². The fourth-order valence-corrected chi connectivity index (χ4v) is 9.74. The number of amides is 4. The molecule has 0 unspecified atom stereocenters. The number of fused-ring (bicyclic) bond motifs is 2. The number of hydroxylamine groups is 2. The van der Waals surface area contributed by atoms with E-state index in [1.54, 1.807) is 38.1 Å². The molecule has 346 valence electrons. The second kappa shape index (κ2) is 20.4. The van der Waals surface area contributed by atoms with Crippen LogP contribution in [-0.2, 0) is 54.5 Å². The molecule has 0 N–H and O–H groups in total. The first-order valence-electron chi connectivity index (χ1n) is 23.3. The number of benzene rings is 4. The molecule has 0 aliphatic carbocycles. The fourth-order valence-electron chi connectivity index (χ4n) is 9.74. The monoisotopic (exact) mass is 896 g/mol. The van der Waals surface area contributed by atoms with Gasteiger partial charge in [-0.05, 0) is 137 Å². The maximum Gasteiger partial charge on any atom is 0.444 e. The Hall–Kier alpha value is -6.38. The summed E-state index contributed by atoms with van der Waals surface area (Å²) in [6.45, 7) is 7.89. The van der Waals surface area contributed by atoms with Gasteiger partial charge in [0, 0.05) is 75.3 Å². The molecule has 0 saturated carbocycles. The van der Waals surface area contributed by atoms with Gasteiger partial charge in [0.1, 0.15) is 0 Å². The predicted octanol–water partition coefficient (Wildman–Crippen LogP) is 6.04. The third kappa shape index (κ3) is 10.3. The minimum atomic E-state index is -1.50. The van der Waals surface area contributed by atoms with Crippen LogP contribution in [0.4, 0.5) is 11.4 Å². The van der Waals surface area contributed by atoms with Crippen molar-refractivity contribution in [3.8, 4) is 0 Å². The molecule has 4 heterocycles. The van der Waals surface area contributed by atoms with E-state index in [0.717, 1.165) is 61.7 Å². The third-order valence-electron chi connectivity index (χ3n) is 13.9. The molecule has 2 saturated heterocycles. The summed E-state index contributed by atoms with van der Waals surface area (Å²) < 4.78 is 0. The van der Waals surface area contributed by atoms with Crippen LogP contribution < -0.4 is 10.1 Å². The van der Waals surface area contributed by atoms with Crippen molar-refractivity contribution in [1.29, 1.82) is 0 Å². The smallest absolute Gasteiger partial charge is 0.339 e. The molecule has 14 heteroatoms. The van der Waals surface area contributed by atoms with E-state index in [1.807, 2.05) is 21.9 Å². The van der Waals surface area contributed by atoms with Gasteiger partial charge in [-0.3, -0.25) is 19.2 Å². The Kier molecular flexibility index (Phi) is 14.3. The molecule has 14 nitrogen and oxygen atoms in total. The van der Waals surface area contributed by atoms with Gasteiger partial charge in [-0.25, -0.2) is 9.59 Å². The molecular formula is C52H60N6O8. The van der Waals surface area contributed by atoms with Gasteiger partial charge in [-0.15, -0.1) is 10.1 Å². The Morgan fingerprint density at radius 2 is 0.909 bits per heavy atom. The lowest BCUT2D eigenvalue weighted by Gasteiger charge is -2.37. The minimum Gasteiger partial charge on any atom is -0.339 e. The molecule has 0 aromatic heterocycles. The summed E-state index contributed by atoms with van der Waals surface area (Å²) in [5, 5.41) is 1.56. The van der Waals surface area contributed by atoms with Gasteiger partial charge in [-0.1, -0.05) is 60.7 Å². The summed E-state index contributed by atoms with van der Waals surface area (Å²) in [5.41, 5.74) is 6.56. The zero-order valence-corrected chi connectivity index (χ0v) is 38.5. The molecule has 8 rings (SSSR count). The van der Waals surface area contributed by atoms with Gasteiger partial charge in [0.05, 0.1) is 11.4 Å². The Morgan fingerprint density at radius 3 is 1.27 bits per heavy atom. The first-order chi connectivity index (χ1) is 31.8. The van der Waals surface area contributed by atoms with Crippen LogP contribution >= 0.6 is 0 Å². The number of carbonyl (C=O) groups is 6. The normalized spacial score (nSPS) is 16.9. The lowest BCUT2D eigenvalue weighted by Crippen LogP contribution is -2.46. The van der Waals surface area contributed by atoms with Crippen LogP contribution in [0.3, 0.4) is 0 Å². The fraction of sp³-hybridized carbons (Fsp3) is 0.423. The van der Waals surface area contributed by atoms with Crippen LogP contribution in [0.25, 0.3) is 0 Å². The van der Waals surface area contributed by atoms with Crippen molar-refractivity contribution in [3.63, 3.8) is 0 Å². The van der Waals surface area contributed by atoms with E-state index in [1.165, 1.54) is 11.1 Å². The predicted molar refractivity (Wildman–Crippen MR) is 250 cm³/mol. The minimum absolute atomic E-state index is 0.0190. The highest BCUT2D eigenvalue weighted by molar-refractivity contribution is 6.31. The molecular weight excluding hydrogens is 837 g/mol. The second-order valence-corrected chi connectivity index (χ2v) is 18.2. The average molecular weight is 897 g/mol. The molecule has 4 amide bonds. The Balaban J connectivity index is 0.862. The number of aryl methyl sites for hydroxylation is 4. The number of rotatable bonds is 12. The van der Waals surface area contributed by atoms with Gasteiger partial charge in [0.25, 0.3) is 23.6 Å². The van der Waals surface area contributed by atoms with Crippen molar-refractivity contribution < 1.29 is 38.4 Å². The molecule has 0 atom stereocenters. The highest BCUT2D eigenvalue weighted by Gasteiger charge is 2.37. The number of anilines is 2. The molecule has 66 heavy (non-hydrogen) atoms. The van der Waals surface area contributed by atoms with Gasteiger partial charge >= 0.3 is 11.9 Å². The van der Waals surface area contributed by atoms with Crippen molar-refractivity contribution in [2.45, 2.75) is 90.1 Å². The molecule has 0 bridgehead atoms. The van der Waals surface area contributed by atoms with E-state index in [2.05, 4.69) is 72.4 Å². The standard InChI is InChI=1S/C52H60N6O8/c1-35-31-45-39(33-43(35)49(61)55-27-21-41(22-28-55)53(3)25-19-37-11-7-5-8-12-37)15-17-47(59)57(45)65-51(63)52(64)66-58-46-32-36(2)44(34-40(46)16-18-48(58)60)50(62)56-29-23-42(24-30-56)54(4)26-20-38-13-9-6-10-14-38/h5-14,31-34,41-42H,15-30H2,1-4H3. The molecule has 0 radical (unpaired) electrons. The number of likely N-dealkylation sites (tertiary alicyclic amines) is 2. The van der Waals surface area contributed by atoms with Crippen molar-refractivity contribution in [1.82, 2.24) is 19.6 Å². The first-order valence-corrected chi connectivity index (χ1v) is 23.3. The van der Waals surface area contributed by atoms with Gasteiger partial charge < -0.3 is 29.3 Å². The van der Waals surface area contributed by atoms with Crippen LogP contribution in [0, 0.1) is 13.8 Å². The van der Waals surface area contributed by atoms with Gasteiger partial charge in [0.15, 0.2) is 0 Å². The van der Waals surface area contributed by atoms with E-state index in [0.29, 0.717) is 84.5 Å². The maximum absolute atomic E-state index is 13.9. The largest absolute Gasteiger partial charge is 0.444 e. The lowest BCUT2D eigenvalue weighted by molar-refractivity contribution is -0.172. The summed E-state index contributed by atoms with van der Waals surface area (Å²) in [4.78, 5) is 100. The zero-order valence-electron chi connectivity index (χ0n) is 38.5. The summed E-state index contributed by atoms with van der Waals surface area (Å²) in [7, 11) is 4.28. The van der Waals surface area contributed by atoms with Gasteiger partial charge in [-0.2, -0.15) is 0 Å². The first kappa shape index (κ1) is 46.2. The van der Waals surface area contributed by atoms with Crippen molar-refractivity contribution in [2.24, 2.45) is 0 Å². The van der Waals surface area contributed by atoms with E-state index in [-0.39, 0.29) is 36.0 Å². The van der Waals surface area contributed by atoms with Crippen LogP contribution in [-0.4, -0.2) is 121 Å². The molecule has 4 aromatic rings. The summed E-state index contributed by atoms with van der Waals surface area (Å²) >= 11 is 0. The van der Waals surface area contributed by atoms with E-state index >= 15 is 0 Å². The van der Waals surface area contributed by atoms with Crippen molar-refractivity contribution in [2.75, 3.05) is 63.5 Å². The van der Waals surface area contributed by atoms with Gasteiger partial charge in [0.2, 0.25) is 0 Å². The maximum atomic E-state index is 13.9. The summed E-state index contributed by atoms with van der Waals surface area (Å²) in [6.07, 6.45) is 5.96. The second-order valence-electron chi connectivity index (χ2n) is 18.2. The average Bonchev–Trinajstić information content (AvgIpc) is 3.34. The molecule has 4 aliphatic rings. The summed E-state index contributed by atoms with van der Waals surface area (Å²) in [5.74, 6) is -4.28. The number of carbonyl (C=O) groups excluding carboxylic acids is 6. The topological polar surface area (TPSA) is 140 Å². The Morgan fingerprint density at radius 1 is 0.545 bits per heavy atom. The molecule has 4 aliphatic heterocycles. The SMILES string of the molecule is Cc1cc2c(cc1C(=O)N1CCC(N(C)CCc3ccccc3)CC1)CCC(=O)N2OC(=O)C(=O)ON1C(=O)CCc2cc(C(=O)N3CCC(N(C)CCc4ccccc4)CC3)c(C)cc21. The molecule has 0 spiro atoms. The number of piperidine rings is 2. The number of hydrogen-bond acceptors (Lipinski definition) is 10.